The Morgan fingerprint density at radius 3 is 2.65 bits per heavy atom. The summed E-state index contributed by atoms with van der Waals surface area (Å²) in [6.45, 7) is -0.221. The average molecular weight is 338 g/mol. The third kappa shape index (κ3) is 4.02. The summed E-state index contributed by atoms with van der Waals surface area (Å²) in [5.41, 5.74) is 2.38. The van der Waals surface area contributed by atoms with Gasteiger partial charge in [0, 0.05) is 17.3 Å². The van der Waals surface area contributed by atoms with E-state index in [1.165, 1.54) is 24.5 Å². The summed E-state index contributed by atoms with van der Waals surface area (Å²) in [5.74, 6) is 3.65. The number of halogens is 1. The summed E-state index contributed by atoms with van der Waals surface area (Å²) < 4.78 is 39.1. The molecule has 1 aromatic heterocycles. The number of benzene rings is 1. The Balaban J connectivity index is 2.36. The van der Waals surface area contributed by atoms with Crippen LogP contribution in [-0.2, 0) is 16.6 Å². The van der Waals surface area contributed by atoms with E-state index in [0.29, 0.717) is 5.69 Å². The second-order valence-corrected chi connectivity index (χ2v) is 6.67. The van der Waals surface area contributed by atoms with Crippen LogP contribution in [0, 0.1) is 5.82 Å². The van der Waals surface area contributed by atoms with Gasteiger partial charge in [-0.15, -0.1) is 0 Å². The number of nitrogens with two attached hydrogens (primary N) is 1. The summed E-state index contributed by atoms with van der Waals surface area (Å²) in [6, 6.07) is 6.85. The first kappa shape index (κ1) is 16.8. The lowest BCUT2D eigenvalue weighted by Crippen LogP contribution is -2.31. The SMILES string of the molecule is CS(=O)(=O)N(Cc1ccc(C(=O)NN)cc1F)c1cccnc1. The van der Waals surface area contributed by atoms with Gasteiger partial charge >= 0.3 is 0 Å². The van der Waals surface area contributed by atoms with Gasteiger partial charge in [0.15, 0.2) is 0 Å². The fourth-order valence-corrected chi connectivity index (χ4v) is 2.82. The quantitative estimate of drug-likeness (QED) is 0.476. The molecule has 0 spiro atoms. The molecule has 122 valence electrons. The van der Waals surface area contributed by atoms with Gasteiger partial charge in [0.2, 0.25) is 10.0 Å². The molecule has 7 nitrogen and oxygen atoms in total. The molecule has 0 unspecified atom stereocenters. The van der Waals surface area contributed by atoms with E-state index in [9.17, 15) is 17.6 Å². The van der Waals surface area contributed by atoms with E-state index >= 15 is 0 Å². The molecule has 0 radical (unpaired) electrons. The third-order valence-corrected chi connectivity index (χ3v) is 4.24. The Kier molecular flexibility index (Phi) is 4.92. The Hall–Kier alpha value is -2.52. The van der Waals surface area contributed by atoms with Crippen LogP contribution in [0.4, 0.5) is 10.1 Å². The molecule has 0 saturated carbocycles. The molecule has 9 heteroatoms. The van der Waals surface area contributed by atoms with E-state index in [-0.39, 0.29) is 17.7 Å². The van der Waals surface area contributed by atoms with Crippen LogP contribution in [0.2, 0.25) is 0 Å². The van der Waals surface area contributed by atoms with Gasteiger partial charge in [-0.3, -0.25) is 19.5 Å². The number of sulfonamides is 1. The van der Waals surface area contributed by atoms with Crippen LogP contribution in [-0.4, -0.2) is 25.6 Å². The van der Waals surface area contributed by atoms with E-state index in [2.05, 4.69) is 4.98 Å². The first-order chi connectivity index (χ1) is 10.8. The molecule has 0 fully saturated rings. The molecule has 2 rings (SSSR count). The van der Waals surface area contributed by atoms with Crippen molar-refractivity contribution in [2.24, 2.45) is 5.84 Å². The molecule has 1 amide bonds. The van der Waals surface area contributed by atoms with Gasteiger partial charge in [-0.1, -0.05) is 6.07 Å². The molecule has 0 bridgehead atoms. The number of rotatable bonds is 5. The van der Waals surface area contributed by atoms with Crippen molar-refractivity contribution in [2.45, 2.75) is 6.54 Å². The van der Waals surface area contributed by atoms with Gasteiger partial charge < -0.3 is 0 Å². The maximum Gasteiger partial charge on any atom is 0.265 e. The van der Waals surface area contributed by atoms with Crippen LogP contribution in [0.1, 0.15) is 15.9 Å². The molecule has 0 aliphatic heterocycles. The van der Waals surface area contributed by atoms with E-state index in [4.69, 9.17) is 5.84 Å². The number of nitrogen functional groups attached to an aromatic ring is 1. The Morgan fingerprint density at radius 1 is 1.39 bits per heavy atom. The maximum absolute atomic E-state index is 14.2. The first-order valence-corrected chi connectivity index (χ1v) is 8.35. The molecule has 3 N–H and O–H groups in total. The number of amides is 1. The van der Waals surface area contributed by atoms with Crippen LogP contribution in [0.15, 0.2) is 42.7 Å². The molecular weight excluding hydrogens is 323 g/mol. The normalized spacial score (nSPS) is 11.1. The number of hydrazine groups is 1. The molecule has 2 aromatic rings. The fourth-order valence-electron chi connectivity index (χ4n) is 1.96. The number of hydrogen-bond acceptors (Lipinski definition) is 5. The van der Waals surface area contributed by atoms with Crippen LogP contribution in [0.5, 0.6) is 0 Å². The average Bonchev–Trinajstić information content (AvgIpc) is 2.52. The van der Waals surface area contributed by atoms with Crippen molar-refractivity contribution in [3.05, 3.63) is 59.7 Å². The predicted molar refractivity (Wildman–Crippen MR) is 83.3 cm³/mol. The van der Waals surface area contributed by atoms with Crippen molar-refractivity contribution in [1.82, 2.24) is 10.4 Å². The van der Waals surface area contributed by atoms with Gasteiger partial charge in [-0.05, 0) is 24.3 Å². The summed E-state index contributed by atoms with van der Waals surface area (Å²) in [6.07, 6.45) is 3.90. The van der Waals surface area contributed by atoms with Crippen LogP contribution in [0.25, 0.3) is 0 Å². The molecular formula is C14H15FN4O3S. The van der Waals surface area contributed by atoms with Crippen molar-refractivity contribution in [3.63, 3.8) is 0 Å². The Morgan fingerprint density at radius 2 is 2.13 bits per heavy atom. The second kappa shape index (κ2) is 6.71. The second-order valence-electron chi connectivity index (χ2n) is 4.76. The molecule has 1 aromatic carbocycles. The third-order valence-electron chi connectivity index (χ3n) is 3.09. The molecule has 0 aliphatic rings. The largest absolute Gasteiger partial charge is 0.290 e. The van der Waals surface area contributed by atoms with Crippen LogP contribution in [0.3, 0.4) is 0 Å². The summed E-state index contributed by atoms with van der Waals surface area (Å²) in [7, 11) is -3.64. The highest BCUT2D eigenvalue weighted by molar-refractivity contribution is 7.92. The number of hydrogen-bond donors (Lipinski definition) is 2. The molecule has 23 heavy (non-hydrogen) atoms. The summed E-state index contributed by atoms with van der Waals surface area (Å²) in [5, 5.41) is 0. The minimum Gasteiger partial charge on any atom is -0.290 e. The highest BCUT2D eigenvalue weighted by Crippen LogP contribution is 2.21. The maximum atomic E-state index is 14.2. The van der Waals surface area contributed by atoms with E-state index in [0.717, 1.165) is 16.6 Å². The van der Waals surface area contributed by atoms with Crippen molar-refractivity contribution >= 4 is 21.6 Å². The first-order valence-electron chi connectivity index (χ1n) is 6.50. The Labute approximate surface area is 133 Å². The van der Waals surface area contributed by atoms with Gasteiger partial charge in [0.1, 0.15) is 5.82 Å². The summed E-state index contributed by atoms with van der Waals surface area (Å²) in [4.78, 5) is 15.2. The van der Waals surface area contributed by atoms with E-state index in [1.807, 2.05) is 5.43 Å². The fraction of sp³-hybridized carbons (Fsp3) is 0.143. The summed E-state index contributed by atoms with van der Waals surface area (Å²) >= 11 is 0. The van der Waals surface area contributed by atoms with Crippen molar-refractivity contribution < 1.29 is 17.6 Å². The zero-order valence-corrected chi connectivity index (χ0v) is 13.0. The highest BCUT2D eigenvalue weighted by Gasteiger charge is 2.20. The lowest BCUT2D eigenvalue weighted by atomic mass is 10.1. The standard InChI is InChI=1S/C14H15FN4O3S/c1-23(21,22)19(12-3-2-6-17-8-12)9-11-5-4-10(7-13(11)15)14(20)18-16/h2-8H,9,16H2,1H3,(H,18,20). The van der Waals surface area contributed by atoms with Gasteiger partial charge in [0.25, 0.3) is 5.91 Å². The predicted octanol–water partition coefficient (Wildman–Crippen LogP) is 0.790. The van der Waals surface area contributed by atoms with Gasteiger partial charge in [-0.2, -0.15) is 0 Å². The lowest BCUT2D eigenvalue weighted by molar-refractivity contribution is 0.0953. The van der Waals surface area contributed by atoms with Gasteiger partial charge in [0.05, 0.1) is 24.7 Å². The van der Waals surface area contributed by atoms with Crippen molar-refractivity contribution in [1.29, 1.82) is 0 Å². The van der Waals surface area contributed by atoms with E-state index in [1.54, 1.807) is 12.1 Å². The minimum atomic E-state index is -3.64. The van der Waals surface area contributed by atoms with Gasteiger partial charge in [-0.25, -0.2) is 18.7 Å². The lowest BCUT2D eigenvalue weighted by Gasteiger charge is -2.22. The van der Waals surface area contributed by atoms with Crippen LogP contribution < -0.4 is 15.6 Å². The smallest absolute Gasteiger partial charge is 0.265 e. The highest BCUT2D eigenvalue weighted by atomic mass is 32.2. The zero-order chi connectivity index (χ0) is 17.0. The van der Waals surface area contributed by atoms with Crippen molar-refractivity contribution in [2.75, 3.05) is 10.6 Å². The van der Waals surface area contributed by atoms with E-state index < -0.39 is 21.7 Å². The van der Waals surface area contributed by atoms with Crippen molar-refractivity contribution in [3.8, 4) is 0 Å². The molecule has 0 aliphatic carbocycles. The number of nitrogens with one attached hydrogen (secondary N) is 1. The topological polar surface area (TPSA) is 105 Å². The number of carbonyl (C=O) groups is 1. The number of aromatic nitrogens is 1. The zero-order valence-electron chi connectivity index (χ0n) is 12.2. The number of carbonyl (C=O) groups excluding carboxylic acids is 1. The monoisotopic (exact) mass is 338 g/mol. The number of pyridine rings is 1. The van der Waals surface area contributed by atoms with Crippen LogP contribution >= 0.6 is 0 Å². The number of anilines is 1. The number of nitrogens with zero attached hydrogens (tertiary/aromatic N) is 2. The minimum absolute atomic E-state index is 0.0426. The molecule has 0 saturated heterocycles. The molecule has 0 atom stereocenters. The molecule has 1 heterocycles. The Bertz CT molecular complexity index is 812.